The molecule has 0 aromatic carbocycles. The molecule has 17 nitrogen and oxygen atoms in total. The van der Waals surface area contributed by atoms with Crippen LogP contribution in [0, 0.1) is 17.8 Å². The van der Waals surface area contributed by atoms with Crippen molar-refractivity contribution in [1.82, 2.24) is 0 Å². The van der Waals surface area contributed by atoms with E-state index >= 15 is 0 Å². The number of hydrogen-bond donors (Lipinski definition) is 3. The number of aliphatic hydroxyl groups is 1. The smallest absolute Gasteiger partial charge is 0.462 e. The van der Waals surface area contributed by atoms with E-state index < -0.39 is 97.5 Å². The predicted molar refractivity (Wildman–Crippen MR) is 414 cm³/mol. The van der Waals surface area contributed by atoms with Gasteiger partial charge in [-0.25, -0.2) is 9.13 Å². The zero-order chi connectivity index (χ0) is 74.4. The number of carbonyl (C=O) groups is 4. The molecule has 0 amide bonds. The SMILES string of the molecule is CCCCCCCCCCCCCCCCCCCCCC(=O)O[C@H](COC(=O)CCCCCCCCCCCCCCCC(C)C)COP(=O)(O)OC[C@@H](O)COP(=O)(O)OC[C@@H](COC(=O)CCCCCCCCCCCC(C)C)OC(=O)CCCCCCCCCCCCC(C)CC. The lowest BCUT2D eigenvalue weighted by molar-refractivity contribution is -0.161. The molecule has 0 aromatic rings. The van der Waals surface area contributed by atoms with E-state index in [2.05, 4.69) is 48.5 Å². The molecule has 6 atom stereocenters. The summed E-state index contributed by atoms with van der Waals surface area (Å²) in [6.45, 7) is 12.0. The molecule has 0 spiro atoms. The summed E-state index contributed by atoms with van der Waals surface area (Å²) in [6.07, 6.45) is 61.0. The third kappa shape index (κ3) is 74.7. The number of aliphatic hydroxyl groups excluding tert-OH is 1. The second-order valence-electron chi connectivity index (χ2n) is 30.7. The van der Waals surface area contributed by atoms with Gasteiger partial charge >= 0.3 is 39.5 Å². The fourth-order valence-corrected chi connectivity index (χ4v) is 14.2. The number of hydrogen-bond acceptors (Lipinski definition) is 15. The van der Waals surface area contributed by atoms with Crippen molar-refractivity contribution in [1.29, 1.82) is 0 Å². The van der Waals surface area contributed by atoms with E-state index in [-0.39, 0.29) is 25.7 Å². The van der Waals surface area contributed by atoms with Crippen LogP contribution >= 0.6 is 15.6 Å². The van der Waals surface area contributed by atoms with Crippen LogP contribution in [-0.4, -0.2) is 96.7 Å². The second-order valence-corrected chi connectivity index (χ2v) is 33.6. The van der Waals surface area contributed by atoms with Gasteiger partial charge in [0.05, 0.1) is 26.4 Å². The van der Waals surface area contributed by atoms with E-state index in [1.54, 1.807) is 0 Å². The van der Waals surface area contributed by atoms with E-state index in [4.69, 9.17) is 37.0 Å². The maximum Gasteiger partial charge on any atom is 0.472 e. The fourth-order valence-electron chi connectivity index (χ4n) is 12.6. The highest BCUT2D eigenvalue weighted by molar-refractivity contribution is 7.47. The van der Waals surface area contributed by atoms with Gasteiger partial charge in [-0.15, -0.1) is 0 Å². The lowest BCUT2D eigenvalue weighted by Crippen LogP contribution is -2.30. The minimum atomic E-state index is -4.96. The van der Waals surface area contributed by atoms with Crippen LogP contribution in [0.25, 0.3) is 0 Å². The Bertz CT molecular complexity index is 1960. The standard InChI is InChI=1S/C82H160O17P2/c1-8-10-11-12-13-14-15-16-17-18-19-20-21-24-28-36-44-51-58-65-81(86)98-77(69-92-79(84)63-56-49-42-35-27-25-22-23-26-32-39-46-53-60-73(3)4)71-96-100(88,89)94-67-76(83)68-95-101(90,91)97-72-78(70-93-80(85)64-57-50-43-38-31-33-40-47-54-61-74(5)6)99-82(87)66-59-52-45-37-30-29-34-41-48-55-62-75(7)9-2/h73-78,83H,8-72H2,1-7H3,(H,88,89)(H,90,91)/t75?,76-,77-,78-/m1/s1. The molecule has 101 heavy (non-hydrogen) atoms. The van der Waals surface area contributed by atoms with E-state index in [1.807, 2.05) is 0 Å². The van der Waals surface area contributed by atoms with Crippen LogP contribution in [0.2, 0.25) is 0 Å². The molecule has 0 fully saturated rings. The summed E-state index contributed by atoms with van der Waals surface area (Å²) in [5.74, 6) is 0.228. The summed E-state index contributed by atoms with van der Waals surface area (Å²) in [4.78, 5) is 73.1. The number of phosphoric acid groups is 2. The molecular weight excluding hydrogens is 1320 g/mol. The van der Waals surface area contributed by atoms with Crippen LogP contribution in [0.3, 0.4) is 0 Å². The minimum absolute atomic E-state index is 0.106. The normalized spacial score (nSPS) is 14.2. The van der Waals surface area contributed by atoms with Crippen LogP contribution < -0.4 is 0 Å². The summed E-state index contributed by atoms with van der Waals surface area (Å²) in [6, 6.07) is 0. The average Bonchev–Trinajstić information content (AvgIpc) is 0.918. The molecule has 600 valence electrons. The number of unbranched alkanes of at least 4 members (excludes halogenated alkanes) is 47. The van der Waals surface area contributed by atoms with Crippen molar-refractivity contribution < 1.29 is 80.2 Å². The van der Waals surface area contributed by atoms with E-state index in [0.717, 1.165) is 108 Å². The number of rotatable bonds is 80. The third-order valence-corrected chi connectivity index (χ3v) is 21.4. The molecule has 0 rings (SSSR count). The minimum Gasteiger partial charge on any atom is -0.462 e. The van der Waals surface area contributed by atoms with Gasteiger partial charge in [0, 0.05) is 25.7 Å². The van der Waals surface area contributed by atoms with Crippen molar-refractivity contribution in [3.63, 3.8) is 0 Å². The van der Waals surface area contributed by atoms with Crippen molar-refractivity contribution >= 4 is 39.5 Å². The van der Waals surface area contributed by atoms with Crippen molar-refractivity contribution in [3.8, 4) is 0 Å². The molecular formula is C82H160O17P2. The van der Waals surface area contributed by atoms with Crippen LogP contribution in [0.1, 0.15) is 427 Å². The summed E-state index contributed by atoms with van der Waals surface area (Å²) >= 11 is 0. The number of phosphoric ester groups is 2. The Morgan fingerprint density at radius 2 is 0.505 bits per heavy atom. The first-order chi connectivity index (χ1) is 48.8. The molecule has 0 saturated heterocycles. The first kappa shape index (κ1) is 99.1. The highest BCUT2D eigenvalue weighted by atomic mass is 31.2. The zero-order valence-electron chi connectivity index (χ0n) is 66.4. The topological polar surface area (TPSA) is 237 Å². The number of ether oxygens (including phenoxy) is 4. The van der Waals surface area contributed by atoms with Gasteiger partial charge in [-0.1, -0.05) is 376 Å². The maximum absolute atomic E-state index is 13.1. The first-order valence-corrected chi connectivity index (χ1v) is 45.4. The molecule has 3 N–H and O–H groups in total. The van der Waals surface area contributed by atoms with Crippen molar-refractivity contribution in [3.05, 3.63) is 0 Å². The van der Waals surface area contributed by atoms with Gasteiger partial charge in [-0.05, 0) is 43.4 Å². The van der Waals surface area contributed by atoms with Crippen molar-refractivity contribution in [2.45, 2.75) is 446 Å². The fraction of sp³-hybridized carbons (Fsp3) is 0.951. The quantitative estimate of drug-likeness (QED) is 0.0222. The Morgan fingerprint density at radius 1 is 0.287 bits per heavy atom. The highest BCUT2D eigenvalue weighted by Gasteiger charge is 2.30. The molecule has 0 saturated carbocycles. The van der Waals surface area contributed by atoms with Gasteiger partial charge in [-0.3, -0.25) is 37.3 Å². The lowest BCUT2D eigenvalue weighted by Gasteiger charge is -2.21. The molecule has 0 aliphatic rings. The monoisotopic (exact) mass is 1480 g/mol. The largest absolute Gasteiger partial charge is 0.472 e. The lowest BCUT2D eigenvalue weighted by atomic mass is 9.99. The van der Waals surface area contributed by atoms with Crippen LogP contribution in [0.5, 0.6) is 0 Å². The van der Waals surface area contributed by atoms with Crippen LogP contribution in [0.4, 0.5) is 0 Å². The number of esters is 4. The van der Waals surface area contributed by atoms with Gasteiger partial charge in [0.15, 0.2) is 12.2 Å². The maximum atomic E-state index is 13.1. The summed E-state index contributed by atoms with van der Waals surface area (Å²) in [5, 5.41) is 10.7. The molecule has 0 radical (unpaired) electrons. The molecule has 19 heteroatoms. The molecule has 3 unspecified atom stereocenters. The van der Waals surface area contributed by atoms with Gasteiger partial charge < -0.3 is 33.8 Å². The Labute approximate surface area is 619 Å². The Kier molecular flexibility index (Phi) is 70.9. The number of carbonyl (C=O) groups excluding carboxylic acids is 4. The van der Waals surface area contributed by atoms with Crippen LogP contribution in [0.15, 0.2) is 0 Å². The molecule has 0 aliphatic heterocycles. The van der Waals surface area contributed by atoms with Crippen molar-refractivity contribution in [2.75, 3.05) is 39.6 Å². The molecule has 0 aromatic heterocycles. The van der Waals surface area contributed by atoms with Crippen molar-refractivity contribution in [2.24, 2.45) is 17.8 Å². The van der Waals surface area contributed by atoms with E-state index in [1.165, 1.54) is 238 Å². The van der Waals surface area contributed by atoms with Gasteiger partial charge in [0.25, 0.3) is 0 Å². The van der Waals surface area contributed by atoms with Gasteiger partial charge in [-0.2, -0.15) is 0 Å². The van der Waals surface area contributed by atoms with E-state index in [0.29, 0.717) is 25.7 Å². The van der Waals surface area contributed by atoms with E-state index in [9.17, 15) is 43.2 Å². The molecule has 0 bridgehead atoms. The Balaban J connectivity index is 5.26. The van der Waals surface area contributed by atoms with Gasteiger partial charge in [0.1, 0.15) is 19.3 Å². The second kappa shape index (κ2) is 72.3. The Hall–Kier alpha value is -1.94. The Morgan fingerprint density at radius 3 is 0.752 bits per heavy atom. The summed E-state index contributed by atoms with van der Waals surface area (Å²) in [5.41, 5.74) is 0. The molecule has 0 heterocycles. The predicted octanol–water partition coefficient (Wildman–Crippen LogP) is 24.5. The highest BCUT2D eigenvalue weighted by Crippen LogP contribution is 2.45. The van der Waals surface area contributed by atoms with Gasteiger partial charge in [0.2, 0.25) is 0 Å². The summed E-state index contributed by atoms with van der Waals surface area (Å²) in [7, 11) is -9.92. The zero-order valence-corrected chi connectivity index (χ0v) is 68.2. The third-order valence-electron chi connectivity index (χ3n) is 19.5. The molecule has 0 aliphatic carbocycles. The summed E-state index contributed by atoms with van der Waals surface area (Å²) < 4.78 is 68.8. The van der Waals surface area contributed by atoms with Crippen LogP contribution in [-0.2, 0) is 65.4 Å². The first-order valence-electron chi connectivity index (χ1n) is 42.4. The average molecular weight is 1480 g/mol.